The molecule has 0 spiro atoms. The molecule has 4 rings (SSSR count). The molecule has 7 nitrogen and oxygen atoms in total. The van der Waals surface area contributed by atoms with Gasteiger partial charge in [0.1, 0.15) is 11.6 Å². The van der Waals surface area contributed by atoms with E-state index in [4.69, 9.17) is 14.2 Å². The molecule has 2 aromatic carbocycles. The largest absolute Gasteiger partial charge is 0.493 e. The molecule has 0 radical (unpaired) electrons. The Morgan fingerprint density at radius 1 is 1.12 bits per heavy atom. The van der Waals surface area contributed by atoms with E-state index < -0.39 is 5.97 Å². The van der Waals surface area contributed by atoms with E-state index in [0.717, 1.165) is 16.1 Å². The second kappa shape index (κ2) is 10.1. The van der Waals surface area contributed by atoms with Crippen molar-refractivity contribution in [3.63, 3.8) is 0 Å². The zero-order valence-electron chi connectivity index (χ0n) is 17.9. The molecule has 8 heteroatoms. The van der Waals surface area contributed by atoms with Crippen molar-refractivity contribution in [3.05, 3.63) is 83.1 Å². The number of thiazole rings is 1. The van der Waals surface area contributed by atoms with Crippen LogP contribution >= 0.6 is 11.3 Å². The first kappa shape index (κ1) is 21.6. The minimum absolute atomic E-state index is 0.0906. The fraction of sp³-hybridized carbons (Fsp3) is 0.208. The molecule has 0 atom stereocenters. The smallest absolute Gasteiger partial charge is 0.341 e. The highest BCUT2D eigenvalue weighted by Crippen LogP contribution is 2.33. The van der Waals surface area contributed by atoms with Crippen LogP contribution < -0.4 is 9.47 Å². The number of nitrogens with zero attached hydrogens (tertiary/aromatic N) is 3. The van der Waals surface area contributed by atoms with Gasteiger partial charge in [0.05, 0.1) is 37.7 Å². The Kier molecular flexibility index (Phi) is 6.81. The molecule has 0 amide bonds. The summed E-state index contributed by atoms with van der Waals surface area (Å²) in [5, 5.41) is 6.94. The van der Waals surface area contributed by atoms with Gasteiger partial charge < -0.3 is 14.2 Å². The van der Waals surface area contributed by atoms with Crippen LogP contribution in [0.1, 0.15) is 28.5 Å². The molecular formula is C24H23N3O4S. The van der Waals surface area contributed by atoms with Gasteiger partial charge in [0.15, 0.2) is 11.5 Å². The van der Waals surface area contributed by atoms with Crippen molar-refractivity contribution in [1.82, 2.24) is 14.8 Å². The number of benzene rings is 2. The second-order valence-electron chi connectivity index (χ2n) is 6.93. The Hall–Kier alpha value is -3.65. The number of aromatic nitrogens is 3. The lowest BCUT2D eigenvalue weighted by atomic mass is 10.2. The normalized spacial score (nSPS) is 10.7. The number of hydrogen-bond donors (Lipinski definition) is 0. The van der Waals surface area contributed by atoms with Gasteiger partial charge in [0, 0.05) is 17.1 Å². The minimum atomic E-state index is -0.429. The molecule has 0 saturated heterocycles. The van der Waals surface area contributed by atoms with Gasteiger partial charge in [-0.2, -0.15) is 5.10 Å². The Balaban J connectivity index is 1.37. The van der Waals surface area contributed by atoms with E-state index in [0.29, 0.717) is 35.9 Å². The monoisotopic (exact) mass is 449 g/mol. The molecule has 2 aromatic heterocycles. The van der Waals surface area contributed by atoms with Crippen LogP contribution in [0.2, 0.25) is 0 Å². The zero-order valence-corrected chi connectivity index (χ0v) is 18.7. The maximum Gasteiger partial charge on any atom is 0.341 e. The lowest BCUT2D eigenvalue weighted by Gasteiger charge is -2.09. The summed E-state index contributed by atoms with van der Waals surface area (Å²) >= 11 is 1.48. The number of ether oxygens (including phenoxy) is 3. The average molecular weight is 450 g/mol. The van der Waals surface area contributed by atoms with Crippen LogP contribution in [0.3, 0.4) is 0 Å². The van der Waals surface area contributed by atoms with Crippen LogP contribution in [0.4, 0.5) is 0 Å². The topological polar surface area (TPSA) is 75.5 Å². The van der Waals surface area contributed by atoms with Crippen molar-refractivity contribution in [2.24, 2.45) is 0 Å². The summed E-state index contributed by atoms with van der Waals surface area (Å²) in [5.41, 5.74) is 3.11. The number of hydrogen-bond acceptors (Lipinski definition) is 7. The van der Waals surface area contributed by atoms with E-state index in [9.17, 15) is 4.79 Å². The van der Waals surface area contributed by atoms with Crippen LogP contribution in [-0.2, 0) is 17.9 Å². The quantitative estimate of drug-likeness (QED) is 0.341. The Morgan fingerprint density at radius 3 is 2.75 bits per heavy atom. The van der Waals surface area contributed by atoms with Crippen molar-refractivity contribution >= 4 is 17.3 Å². The highest BCUT2D eigenvalue weighted by molar-refractivity contribution is 7.13. The lowest BCUT2D eigenvalue weighted by Crippen LogP contribution is -2.05. The van der Waals surface area contributed by atoms with Crippen LogP contribution in [0.15, 0.2) is 66.3 Å². The molecule has 0 N–H and O–H groups in total. The van der Waals surface area contributed by atoms with Crippen molar-refractivity contribution in [3.8, 4) is 22.1 Å². The van der Waals surface area contributed by atoms with Crippen LogP contribution in [0.5, 0.6) is 11.5 Å². The van der Waals surface area contributed by atoms with E-state index in [1.807, 2.05) is 60.8 Å². The highest BCUT2D eigenvalue weighted by atomic mass is 32.1. The molecular weight excluding hydrogens is 426 g/mol. The van der Waals surface area contributed by atoms with Crippen LogP contribution in [0, 0.1) is 0 Å². The highest BCUT2D eigenvalue weighted by Gasteiger charge is 2.14. The first-order chi connectivity index (χ1) is 15.7. The fourth-order valence-corrected chi connectivity index (χ4v) is 3.93. The van der Waals surface area contributed by atoms with Gasteiger partial charge in [-0.1, -0.05) is 30.3 Å². The third kappa shape index (κ3) is 5.15. The minimum Gasteiger partial charge on any atom is -0.493 e. The molecule has 0 saturated carbocycles. The summed E-state index contributed by atoms with van der Waals surface area (Å²) in [6.45, 7) is 3.17. The molecule has 0 unspecified atom stereocenters. The lowest BCUT2D eigenvalue weighted by molar-refractivity contribution is 0.0468. The third-order valence-corrected chi connectivity index (χ3v) is 5.61. The SMILES string of the molecule is CCOc1ccc(-c2nc(COC(=O)c3cnn(Cc4ccccc4)c3)cs2)cc1OC. The summed E-state index contributed by atoms with van der Waals surface area (Å²) in [6, 6.07) is 15.6. The summed E-state index contributed by atoms with van der Waals surface area (Å²) in [6.07, 6.45) is 3.21. The summed E-state index contributed by atoms with van der Waals surface area (Å²) in [5.74, 6) is 0.916. The van der Waals surface area contributed by atoms with E-state index in [1.165, 1.54) is 17.5 Å². The molecule has 0 aliphatic rings. The summed E-state index contributed by atoms with van der Waals surface area (Å²) in [7, 11) is 1.61. The van der Waals surface area contributed by atoms with Crippen LogP contribution in [0.25, 0.3) is 10.6 Å². The average Bonchev–Trinajstić information content (AvgIpc) is 3.49. The number of rotatable bonds is 9. The molecule has 0 bridgehead atoms. The molecule has 0 aliphatic carbocycles. The maximum atomic E-state index is 12.4. The van der Waals surface area contributed by atoms with E-state index in [2.05, 4.69) is 10.1 Å². The van der Waals surface area contributed by atoms with Crippen molar-refractivity contribution in [1.29, 1.82) is 0 Å². The van der Waals surface area contributed by atoms with Gasteiger partial charge >= 0.3 is 5.97 Å². The van der Waals surface area contributed by atoms with Gasteiger partial charge in [-0.15, -0.1) is 11.3 Å². The van der Waals surface area contributed by atoms with Gasteiger partial charge in [0.2, 0.25) is 0 Å². The Bertz CT molecular complexity index is 1190. The molecule has 32 heavy (non-hydrogen) atoms. The van der Waals surface area contributed by atoms with E-state index in [-0.39, 0.29) is 6.61 Å². The van der Waals surface area contributed by atoms with Gasteiger partial charge in [-0.3, -0.25) is 4.68 Å². The fourth-order valence-electron chi connectivity index (χ4n) is 3.13. The first-order valence-electron chi connectivity index (χ1n) is 10.2. The van der Waals surface area contributed by atoms with Crippen molar-refractivity contribution in [2.75, 3.05) is 13.7 Å². The Morgan fingerprint density at radius 2 is 1.97 bits per heavy atom. The summed E-state index contributed by atoms with van der Waals surface area (Å²) < 4.78 is 18.1. The number of esters is 1. The molecule has 0 aliphatic heterocycles. The number of carbonyl (C=O) groups excluding carboxylic acids is 1. The van der Waals surface area contributed by atoms with E-state index >= 15 is 0 Å². The Labute approximate surface area is 190 Å². The molecule has 4 aromatic rings. The maximum absolute atomic E-state index is 12.4. The predicted molar refractivity (Wildman–Crippen MR) is 122 cm³/mol. The van der Waals surface area contributed by atoms with Crippen molar-refractivity contribution < 1.29 is 19.0 Å². The van der Waals surface area contributed by atoms with Gasteiger partial charge in [-0.25, -0.2) is 9.78 Å². The van der Waals surface area contributed by atoms with Gasteiger partial charge in [-0.05, 0) is 30.7 Å². The number of carbonyl (C=O) groups is 1. The standard InChI is InChI=1S/C24H23N3O4S/c1-3-30-21-10-9-18(11-22(21)29-2)23-26-20(16-32-23)15-31-24(28)19-12-25-27(14-19)13-17-7-5-4-6-8-17/h4-12,14,16H,3,13,15H2,1-2H3. The second-order valence-corrected chi connectivity index (χ2v) is 7.79. The molecule has 0 fully saturated rings. The first-order valence-corrected chi connectivity index (χ1v) is 11.0. The van der Waals surface area contributed by atoms with Crippen LogP contribution in [-0.4, -0.2) is 34.5 Å². The third-order valence-electron chi connectivity index (χ3n) is 4.67. The zero-order chi connectivity index (χ0) is 22.3. The predicted octanol–water partition coefficient (Wildman–Crippen LogP) is 4.82. The number of methoxy groups -OCH3 is 1. The van der Waals surface area contributed by atoms with Gasteiger partial charge in [0.25, 0.3) is 0 Å². The molecule has 164 valence electrons. The summed E-state index contributed by atoms with van der Waals surface area (Å²) in [4.78, 5) is 17.0. The van der Waals surface area contributed by atoms with E-state index in [1.54, 1.807) is 18.0 Å². The van der Waals surface area contributed by atoms with Crippen molar-refractivity contribution in [2.45, 2.75) is 20.1 Å². The molecule has 2 heterocycles.